The van der Waals surface area contributed by atoms with Gasteiger partial charge in [0.2, 0.25) is 10.0 Å². The van der Waals surface area contributed by atoms with Crippen molar-refractivity contribution in [1.29, 1.82) is 0 Å². The molecule has 0 atom stereocenters. The van der Waals surface area contributed by atoms with Gasteiger partial charge in [-0.15, -0.1) is 0 Å². The fourth-order valence-corrected chi connectivity index (χ4v) is 2.63. The van der Waals surface area contributed by atoms with Gasteiger partial charge < -0.3 is 5.11 Å². The molecule has 0 aliphatic carbocycles. The number of unbranched alkanes of at least 4 members (excludes halogenated alkanes) is 1. The van der Waals surface area contributed by atoms with Gasteiger partial charge in [0.15, 0.2) is 0 Å². The summed E-state index contributed by atoms with van der Waals surface area (Å²) < 4.78 is 26.3. The van der Waals surface area contributed by atoms with Crippen molar-refractivity contribution in [2.24, 2.45) is 0 Å². The summed E-state index contributed by atoms with van der Waals surface area (Å²) in [4.78, 5) is 10.7. The molecular weight excluding hydrogens is 266 g/mol. The SMILES string of the molecule is CCCCNS(=O)(=O)c1ccc(CCC(=O)O)cc1. The van der Waals surface area contributed by atoms with Gasteiger partial charge in [0, 0.05) is 13.0 Å². The molecule has 0 aromatic heterocycles. The molecule has 0 aliphatic heterocycles. The van der Waals surface area contributed by atoms with Crippen molar-refractivity contribution >= 4 is 16.0 Å². The summed E-state index contributed by atoms with van der Waals surface area (Å²) in [6.07, 6.45) is 2.17. The Hall–Kier alpha value is -1.40. The second-order valence-corrected chi connectivity index (χ2v) is 6.06. The summed E-state index contributed by atoms with van der Waals surface area (Å²) in [5.41, 5.74) is 0.815. The molecule has 0 amide bonds. The Morgan fingerprint density at radius 2 is 1.89 bits per heavy atom. The maximum Gasteiger partial charge on any atom is 0.303 e. The van der Waals surface area contributed by atoms with Crippen molar-refractivity contribution in [3.8, 4) is 0 Å². The van der Waals surface area contributed by atoms with Gasteiger partial charge in [-0.3, -0.25) is 4.79 Å². The lowest BCUT2D eigenvalue weighted by molar-refractivity contribution is -0.136. The van der Waals surface area contributed by atoms with Gasteiger partial charge >= 0.3 is 5.97 Å². The van der Waals surface area contributed by atoms with Crippen LogP contribution in [0.4, 0.5) is 0 Å². The lowest BCUT2D eigenvalue weighted by atomic mass is 10.1. The molecule has 2 N–H and O–H groups in total. The molecule has 1 rings (SSSR count). The van der Waals surface area contributed by atoms with Gasteiger partial charge in [0.05, 0.1) is 4.90 Å². The van der Waals surface area contributed by atoms with E-state index in [0.717, 1.165) is 18.4 Å². The smallest absolute Gasteiger partial charge is 0.303 e. The first-order valence-electron chi connectivity index (χ1n) is 6.26. The van der Waals surface area contributed by atoms with Gasteiger partial charge in [0.1, 0.15) is 0 Å². The van der Waals surface area contributed by atoms with Crippen LogP contribution in [0.25, 0.3) is 0 Å². The maximum absolute atomic E-state index is 11.9. The molecule has 1 aromatic carbocycles. The van der Waals surface area contributed by atoms with E-state index >= 15 is 0 Å². The highest BCUT2D eigenvalue weighted by atomic mass is 32.2. The molecule has 0 saturated heterocycles. The highest BCUT2D eigenvalue weighted by Crippen LogP contribution is 2.12. The van der Waals surface area contributed by atoms with Gasteiger partial charge in [0.25, 0.3) is 0 Å². The van der Waals surface area contributed by atoms with Crippen LogP contribution in [0.1, 0.15) is 31.7 Å². The number of carboxylic acid groups (broad SMARTS) is 1. The molecule has 106 valence electrons. The third-order valence-corrected chi connectivity index (χ3v) is 4.16. The molecule has 1 aromatic rings. The normalized spacial score (nSPS) is 11.4. The maximum atomic E-state index is 11.9. The topological polar surface area (TPSA) is 83.5 Å². The quantitative estimate of drug-likeness (QED) is 0.713. The molecule has 0 spiro atoms. The molecule has 0 radical (unpaired) electrons. The zero-order chi connectivity index (χ0) is 14.3. The molecule has 5 nitrogen and oxygen atoms in total. The zero-order valence-corrected chi connectivity index (χ0v) is 11.7. The molecule has 0 aliphatic rings. The average molecular weight is 285 g/mol. The van der Waals surface area contributed by atoms with E-state index in [2.05, 4.69) is 4.72 Å². The summed E-state index contributed by atoms with van der Waals surface area (Å²) in [7, 11) is -3.45. The van der Waals surface area contributed by atoms with E-state index in [1.807, 2.05) is 6.92 Å². The number of carbonyl (C=O) groups is 1. The first-order chi connectivity index (χ1) is 8.95. The molecular formula is C13H19NO4S. The van der Waals surface area contributed by atoms with Crippen LogP contribution in [0.5, 0.6) is 0 Å². The van der Waals surface area contributed by atoms with E-state index in [-0.39, 0.29) is 11.3 Å². The van der Waals surface area contributed by atoms with Crippen LogP contribution in [0, 0.1) is 0 Å². The van der Waals surface area contributed by atoms with E-state index in [9.17, 15) is 13.2 Å². The Morgan fingerprint density at radius 3 is 2.42 bits per heavy atom. The van der Waals surface area contributed by atoms with Crippen LogP contribution in [0.15, 0.2) is 29.2 Å². The van der Waals surface area contributed by atoms with Crippen LogP contribution >= 0.6 is 0 Å². The summed E-state index contributed by atoms with van der Waals surface area (Å²) >= 11 is 0. The molecule has 0 bridgehead atoms. The fraction of sp³-hybridized carbons (Fsp3) is 0.462. The Balaban J connectivity index is 2.66. The first-order valence-corrected chi connectivity index (χ1v) is 7.74. The van der Waals surface area contributed by atoms with Crippen molar-refractivity contribution in [3.63, 3.8) is 0 Å². The highest BCUT2D eigenvalue weighted by Gasteiger charge is 2.12. The Kier molecular flexibility index (Phi) is 5.98. The second kappa shape index (κ2) is 7.25. The first kappa shape index (κ1) is 15.7. The van der Waals surface area contributed by atoms with Crippen molar-refractivity contribution in [1.82, 2.24) is 4.72 Å². The van der Waals surface area contributed by atoms with Crippen LogP contribution in [-0.4, -0.2) is 26.0 Å². The number of benzene rings is 1. The third-order valence-electron chi connectivity index (χ3n) is 2.68. The predicted octanol–water partition coefficient (Wildman–Crippen LogP) is 1.78. The Bertz CT molecular complexity index is 508. The number of nitrogens with one attached hydrogen (secondary N) is 1. The summed E-state index contributed by atoms with van der Waals surface area (Å²) in [6, 6.07) is 6.31. The molecule has 0 fully saturated rings. The summed E-state index contributed by atoms with van der Waals surface area (Å²) in [5.74, 6) is -0.863. The number of rotatable bonds is 8. The van der Waals surface area contributed by atoms with E-state index in [1.54, 1.807) is 12.1 Å². The number of hydrogen-bond acceptors (Lipinski definition) is 3. The van der Waals surface area contributed by atoms with E-state index < -0.39 is 16.0 Å². The molecule has 0 saturated carbocycles. The molecule has 19 heavy (non-hydrogen) atoms. The minimum Gasteiger partial charge on any atom is -0.481 e. The van der Waals surface area contributed by atoms with Gasteiger partial charge in [-0.25, -0.2) is 13.1 Å². The second-order valence-electron chi connectivity index (χ2n) is 4.29. The number of hydrogen-bond donors (Lipinski definition) is 2. The number of aliphatic carboxylic acids is 1. The van der Waals surface area contributed by atoms with Crippen LogP contribution in [-0.2, 0) is 21.2 Å². The summed E-state index contributed by atoms with van der Waals surface area (Å²) in [5, 5.41) is 8.57. The van der Waals surface area contributed by atoms with Crippen LogP contribution < -0.4 is 4.72 Å². The van der Waals surface area contributed by atoms with E-state index in [0.29, 0.717) is 13.0 Å². The lowest BCUT2D eigenvalue weighted by Gasteiger charge is -2.07. The van der Waals surface area contributed by atoms with Crippen molar-refractivity contribution in [2.75, 3.05) is 6.54 Å². The van der Waals surface area contributed by atoms with Crippen molar-refractivity contribution in [3.05, 3.63) is 29.8 Å². The van der Waals surface area contributed by atoms with E-state index in [4.69, 9.17) is 5.11 Å². The number of carboxylic acids is 1. The van der Waals surface area contributed by atoms with Gasteiger partial charge in [-0.1, -0.05) is 25.5 Å². The highest BCUT2D eigenvalue weighted by molar-refractivity contribution is 7.89. The standard InChI is InChI=1S/C13H19NO4S/c1-2-3-10-14-19(17,18)12-7-4-11(5-8-12)6-9-13(15)16/h4-5,7-8,14H,2-3,6,9-10H2,1H3,(H,15,16). The van der Waals surface area contributed by atoms with Gasteiger partial charge in [-0.05, 0) is 30.5 Å². The van der Waals surface area contributed by atoms with Gasteiger partial charge in [-0.2, -0.15) is 0 Å². The lowest BCUT2D eigenvalue weighted by Crippen LogP contribution is -2.24. The molecule has 6 heteroatoms. The monoisotopic (exact) mass is 285 g/mol. The minimum atomic E-state index is -3.45. The molecule has 0 unspecified atom stereocenters. The number of aryl methyl sites for hydroxylation is 1. The Morgan fingerprint density at radius 1 is 1.26 bits per heavy atom. The average Bonchev–Trinajstić information content (AvgIpc) is 2.37. The third kappa shape index (κ3) is 5.40. The Labute approximate surface area is 113 Å². The fourth-order valence-electron chi connectivity index (χ4n) is 1.55. The van der Waals surface area contributed by atoms with Crippen LogP contribution in [0.3, 0.4) is 0 Å². The number of sulfonamides is 1. The van der Waals surface area contributed by atoms with E-state index in [1.165, 1.54) is 12.1 Å². The molecule has 0 heterocycles. The van der Waals surface area contributed by atoms with Crippen molar-refractivity contribution in [2.45, 2.75) is 37.5 Å². The minimum absolute atomic E-state index is 0.0425. The predicted molar refractivity (Wildman–Crippen MR) is 72.5 cm³/mol. The van der Waals surface area contributed by atoms with Crippen LogP contribution in [0.2, 0.25) is 0 Å². The summed E-state index contributed by atoms with van der Waals surface area (Å²) in [6.45, 7) is 2.42. The largest absolute Gasteiger partial charge is 0.481 e. The zero-order valence-electron chi connectivity index (χ0n) is 10.9. The van der Waals surface area contributed by atoms with Crippen molar-refractivity contribution < 1.29 is 18.3 Å².